The molecular weight excluding hydrogens is 431 g/mol. The number of anilines is 1. The van der Waals surface area contributed by atoms with Crippen LogP contribution in [0.5, 0.6) is 0 Å². The molecule has 5 rings (SSSR count). The number of rotatable bonds is 6. The molecule has 2 aromatic carbocycles. The zero-order valence-electron chi connectivity index (χ0n) is 19.3. The molecule has 1 aromatic heterocycles. The van der Waals surface area contributed by atoms with Crippen molar-refractivity contribution >= 4 is 11.6 Å². The van der Waals surface area contributed by atoms with Gasteiger partial charge in [-0.1, -0.05) is 35.5 Å². The molecule has 2 saturated heterocycles. The maximum absolute atomic E-state index is 13.2. The highest BCUT2D eigenvalue weighted by Crippen LogP contribution is 2.29. The van der Waals surface area contributed by atoms with Gasteiger partial charge in [-0.25, -0.2) is 4.39 Å². The van der Waals surface area contributed by atoms with Crippen molar-refractivity contribution in [1.29, 1.82) is 0 Å². The Balaban J connectivity index is 1.16. The van der Waals surface area contributed by atoms with E-state index < -0.39 is 0 Å². The molecule has 0 spiro atoms. The zero-order chi connectivity index (χ0) is 23.3. The fourth-order valence-electron chi connectivity index (χ4n) is 5.12. The summed E-state index contributed by atoms with van der Waals surface area (Å²) in [6, 6.07) is 18.6. The molecule has 2 aliphatic rings. The van der Waals surface area contributed by atoms with E-state index >= 15 is 0 Å². The molecule has 3 aromatic rings. The van der Waals surface area contributed by atoms with Crippen LogP contribution in [-0.2, 0) is 11.2 Å². The number of nitrogens with one attached hydrogen (secondary N) is 1. The van der Waals surface area contributed by atoms with E-state index in [4.69, 9.17) is 4.52 Å². The maximum Gasteiger partial charge on any atom is 0.222 e. The molecule has 0 radical (unpaired) electrons. The van der Waals surface area contributed by atoms with Crippen LogP contribution in [0.25, 0.3) is 11.3 Å². The average Bonchev–Trinajstić information content (AvgIpc) is 3.35. The monoisotopic (exact) mass is 462 g/mol. The number of piperidine rings is 1. The van der Waals surface area contributed by atoms with Gasteiger partial charge in [0.05, 0.1) is 5.69 Å². The minimum atomic E-state index is -0.226. The van der Waals surface area contributed by atoms with Crippen LogP contribution in [0.2, 0.25) is 0 Å². The summed E-state index contributed by atoms with van der Waals surface area (Å²) in [5.74, 6) is 1.48. The van der Waals surface area contributed by atoms with Crippen molar-refractivity contribution in [3.63, 3.8) is 0 Å². The van der Waals surface area contributed by atoms with Gasteiger partial charge in [0.25, 0.3) is 0 Å². The van der Waals surface area contributed by atoms with Crippen LogP contribution >= 0.6 is 0 Å². The van der Waals surface area contributed by atoms with Gasteiger partial charge in [0.2, 0.25) is 5.91 Å². The van der Waals surface area contributed by atoms with Crippen LogP contribution in [0.1, 0.15) is 18.5 Å². The Bertz CT molecular complexity index is 1080. The molecule has 178 valence electrons. The Kier molecular flexibility index (Phi) is 6.90. The molecule has 34 heavy (non-hydrogen) atoms. The largest absolute Gasteiger partial charge is 0.368 e. The number of hydrogen-bond acceptors (Lipinski definition) is 5. The van der Waals surface area contributed by atoms with Crippen molar-refractivity contribution in [2.75, 3.05) is 44.2 Å². The first-order chi connectivity index (χ1) is 16.7. The molecular formula is C27H31FN4O2. The van der Waals surface area contributed by atoms with E-state index in [1.165, 1.54) is 12.1 Å². The van der Waals surface area contributed by atoms with E-state index in [9.17, 15) is 9.18 Å². The number of hydrogen-bond donors (Lipinski definition) is 1. The fourth-order valence-corrected chi connectivity index (χ4v) is 5.12. The normalized spacial score (nSPS) is 21.0. The van der Waals surface area contributed by atoms with Crippen molar-refractivity contribution in [1.82, 2.24) is 15.4 Å². The summed E-state index contributed by atoms with van der Waals surface area (Å²) in [6.07, 6.45) is 2.38. The van der Waals surface area contributed by atoms with Gasteiger partial charge >= 0.3 is 0 Å². The SMILES string of the molecule is O=C(CC1CCNCC1Cc1cc(-c2ccccc2)on1)N1CCN(c2ccc(F)cc2)CC1. The van der Waals surface area contributed by atoms with E-state index in [1.54, 1.807) is 12.1 Å². The van der Waals surface area contributed by atoms with E-state index in [2.05, 4.69) is 15.4 Å². The standard InChI is InChI=1S/C27H31FN4O2/c28-23-6-8-25(9-7-23)31-12-14-32(15-13-31)27(33)17-21-10-11-29-19-22(21)16-24-18-26(34-30-24)20-4-2-1-3-5-20/h1-9,18,21-22,29H,10-17,19H2. The molecule has 2 fully saturated rings. The molecule has 0 aliphatic carbocycles. The summed E-state index contributed by atoms with van der Waals surface area (Å²) < 4.78 is 18.8. The number of nitrogens with zero attached hydrogens (tertiary/aromatic N) is 3. The van der Waals surface area contributed by atoms with Crippen LogP contribution in [0.15, 0.2) is 65.2 Å². The molecule has 1 N–H and O–H groups in total. The number of benzene rings is 2. The summed E-state index contributed by atoms with van der Waals surface area (Å²) in [6.45, 7) is 4.79. The van der Waals surface area contributed by atoms with Crippen molar-refractivity contribution < 1.29 is 13.7 Å². The van der Waals surface area contributed by atoms with Crippen LogP contribution in [0.4, 0.5) is 10.1 Å². The maximum atomic E-state index is 13.2. The van der Waals surface area contributed by atoms with Gasteiger partial charge in [0.1, 0.15) is 5.82 Å². The molecule has 0 bridgehead atoms. The van der Waals surface area contributed by atoms with E-state index in [0.717, 1.165) is 61.7 Å². The first-order valence-corrected chi connectivity index (χ1v) is 12.2. The van der Waals surface area contributed by atoms with Crippen molar-refractivity contribution in [2.24, 2.45) is 11.8 Å². The Hall–Kier alpha value is -3.19. The Labute approximate surface area is 199 Å². The van der Waals surface area contributed by atoms with Crippen molar-refractivity contribution in [2.45, 2.75) is 19.3 Å². The number of aromatic nitrogens is 1. The first kappa shape index (κ1) is 22.6. The van der Waals surface area contributed by atoms with Crippen molar-refractivity contribution in [3.8, 4) is 11.3 Å². The third-order valence-electron chi connectivity index (χ3n) is 7.11. The summed E-state index contributed by atoms with van der Waals surface area (Å²) in [4.78, 5) is 17.3. The molecule has 1 amide bonds. The second-order valence-corrected chi connectivity index (χ2v) is 9.31. The van der Waals surface area contributed by atoms with Crippen molar-refractivity contribution in [3.05, 3.63) is 72.2 Å². The Morgan fingerprint density at radius 3 is 2.56 bits per heavy atom. The van der Waals surface area contributed by atoms with Gasteiger partial charge in [-0.15, -0.1) is 0 Å². The van der Waals surface area contributed by atoms with Crippen LogP contribution in [-0.4, -0.2) is 55.2 Å². The predicted octanol–water partition coefficient (Wildman–Crippen LogP) is 3.99. The van der Waals surface area contributed by atoms with Gasteiger partial charge in [0, 0.05) is 49.9 Å². The first-order valence-electron chi connectivity index (χ1n) is 12.2. The minimum absolute atomic E-state index is 0.226. The number of carbonyl (C=O) groups is 1. The Morgan fingerprint density at radius 2 is 1.79 bits per heavy atom. The second kappa shape index (κ2) is 10.4. The van der Waals surface area contributed by atoms with Crippen LogP contribution < -0.4 is 10.2 Å². The van der Waals surface area contributed by atoms with Gasteiger partial charge in [0.15, 0.2) is 5.76 Å². The third-order valence-corrected chi connectivity index (χ3v) is 7.11. The molecule has 2 atom stereocenters. The second-order valence-electron chi connectivity index (χ2n) is 9.31. The summed E-state index contributed by atoms with van der Waals surface area (Å²) in [7, 11) is 0. The van der Waals surface area contributed by atoms with Gasteiger partial charge in [-0.05, 0) is 62.0 Å². The molecule has 2 unspecified atom stereocenters. The lowest BCUT2D eigenvalue weighted by molar-refractivity contribution is -0.133. The zero-order valence-corrected chi connectivity index (χ0v) is 19.3. The predicted molar refractivity (Wildman–Crippen MR) is 130 cm³/mol. The highest BCUT2D eigenvalue weighted by Gasteiger charge is 2.30. The summed E-state index contributed by atoms with van der Waals surface area (Å²) in [5.41, 5.74) is 2.97. The lowest BCUT2D eigenvalue weighted by Gasteiger charge is -2.38. The number of halogens is 1. The average molecular weight is 463 g/mol. The van der Waals surface area contributed by atoms with E-state index in [-0.39, 0.29) is 11.7 Å². The van der Waals surface area contributed by atoms with Gasteiger partial charge < -0.3 is 19.6 Å². The number of piperazine rings is 1. The smallest absolute Gasteiger partial charge is 0.222 e. The minimum Gasteiger partial charge on any atom is -0.368 e. The quantitative estimate of drug-likeness (QED) is 0.600. The van der Waals surface area contributed by atoms with E-state index in [1.807, 2.05) is 41.3 Å². The molecule has 3 heterocycles. The summed E-state index contributed by atoms with van der Waals surface area (Å²) >= 11 is 0. The number of carbonyl (C=O) groups excluding carboxylic acids is 1. The van der Waals surface area contributed by atoms with Gasteiger partial charge in [-0.3, -0.25) is 4.79 Å². The van der Waals surface area contributed by atoms with Crippen LogP contribution in [0.3, 0.4) is 0 Å². The molecule has 7 heteroatoms. The van der Waals surface area contributed by atoms with Crippen LogP contribution in [0, 0.1) is 17.7 Å². The van der Waals surface area contributed by atoms with E-state index in [0.29, 0.717) is 31.3 Å². The molecule has 2 aliphatic heterocycles. The lowest BCUT2D eigenvalue weighted by atomic mass is 9.81. The number of amides is 1. The topological polar surface area (TPSA) is 61.6 Å². The molecule has 0 saturated carbocycles. The third kappa shape index (κ3) is 5.30. The van der Waals surface area contributed by atoms with Gasteiger partial charge in [-0.2, -0.15) is 0 Å². The summed E-state index contributed by atoms with van der Waals surface area (Å²) in [5, 5.41) is 7.79. The highest BCUT2D eigenvalue weighted by molar-refractivity contribution is 5.77. The Morgan fingerprint density at radius 1 is 1.03 bits per heavy atom. The lowest BCUT2D eigenvalue weighted by Crippen LogP contribution is -2.50. The fraction of sp³-hybridized carbons (Fsp3) is 0.407. The highest BCUT2D eigenvalue weighted by atomic mass is 19.1. The molecule has 6 nitrogen and oxygen atoms in total.